The second kappa shape index (κ2) is 10.8. The van der Waals surface area contributed by atoms with Gasteiger partial charge in [-0.2, -0.15) is 0 Å². The molecule has 2 amide bonds. The summed E-state index contributed by atoms with van der Waals surface area (Å²) in [6.45, 7) is 4.03. The van der Waals surface area contributed by atoms with E-state index < -0.39 is 0 Å². The number of carbonyl (C=O) groups excluding carboxylic acids is 2. The van der Waals surface area contributed by atoms with Crippen molar-refractivity contribution in [3.05, 3.63) is 81.9 Å². The van der Waals surface area contributed by atoms with Crippen LogP contribution in [0.3, 0.4) is 0 Å². The van der Waals surface area contributed by atoms with Gasteiger partial charge in [0.1, 0.15) is 0 Å². The van der Waals surface area contributed by atoms with Gasteiger partial charge in [0, 0.05) is 21.5 Å². The zero-order chi connectivity index (χ0) is 23.2. The number of rotatable bonds is 8. The van der Waals surface area contributed by atoms with Crippen LogP contribution in [-0.2, 0) is 4.79 Å². The van der Waals surface area contributed by atoms with Crippen LogP contribution in [0.2, 0.25) is 0 Å². The van der Waals surface area contributed by atoms with Crippen LogP contribution in [0.15, 0.2) is 76.3 Å². The molecule has 0 saturated carbocycles. The van der Waals surface area contributed by atoms with E-state index in [1.807, 2.05) is 79.2 Å². The van der Waals surface area contributed by atoms with E-state index >= 15 is 0 Å². The summed E-state index contributed by atoms with van der Waals surface area (Å²) in [5.74, 6) is -0.217. The topological polar surface area (TPSA) is 71.1 Å². The molecular weight excluding hydrogens is 470 g/mol. The highest BCUT2D eigenvalue weighted by molar-refractivity contribution is 8.00. The highest BCUT2D eigenvalue weighted by atomic mass is 32.2. The molecule has 0 saturated heterocycles. The molecule has 2 N–H and O–H groups in total. The fourth-order valence-corrected chi connectivity index (χ4v) is 5.46. The largest absolute Gasteiger partial charge is 0.321 e. The number of amides is 2. The number of thiazole rings is 1. The smallest absolute Gasteiger partial charge is 0.265 e. The summed E-state index contributed by atoms with van der Waals surface area (Å²) in [6, 6.07) is 19.4. The number of carbonyl (C=O) groups is 2. The van der Waals surface area contributed by atoms with Crippen molar-refractivity contribution in [3.8, 4) is 11.3 Å². The third kappa shape index (κ3) is 6.10. The van der Waals surface area contributed by atoms with Crippen molar-refractivity contribution in [1.82, 2.24) is 4.98 Å². The average molecular weight is 494 g/mol. The molecular formula is C25H23N3O2S3. The lowest BCUT2D eigenvalue weighted by Crippen LogP contribution is -2.24. The number of benzene rings is 2. The molecule has 0 aliphatic carbocycles. The van der Waals surface area contributed by atoms with Crippen molar-refractivity contribution in [1.29, 1.82) is 0 Å². The highest BCUT2D eigenvalue weighted by Gasteiger charge is 2.20. The zero-order valence-electron chi connectivity index (χ0n) is 18.2. The summed E-state index contributed by atoms with van der Waals surface area (Å²) >= 11 is 4.30. The van der Waals surface area contributed by atoms with Crippen molar-refractivity contribution in [2.45, 2.75) is 30.4 Å². The van der Waals surface area contributed by atoms with Gasteiger partial charge in [-0.1, -0.05) is 48.9 Å². The second-order valence-corrected chi connectivity index (χ2v) is 10.4. The molecule has 168 valence electrons. The molecule has 0 bridgehead atoms. The molecule has 0 aliphatic rings. The van der Waals surface area contributed by atoms with Crippen LogP contribution in [0.4, 0.5) is 10.8 Å². The van der Waals surface area contributed by atoms with Crippen LogP contribution in [0.5, 0.6) is 0 Å². The van der Waals surface area contributed by atoms with E-state index in [0.717, 1.165) is 16.2 Å². The number of thiophene rings is 1. The molecule has 2 aromatic heterocycles. The molecule has 2 aromatic carbocycles. The number of hydrogen-bond acceptors (Lipinski definition) is 6. The third-order valence-corrected chi connectivity index (χ3v) is 7.84. The Balaban J connectivity index is 1.39. The van der Waals surface area contributed by atoms with Crippen molar-refractivity contribution in [3.63, 3.8) is 0 Å². The van der Waals surface area contributed by atoms with Gasteiger partial charge in [0.15, 0.2) is 5.13 Å². The molecule has 4 rings (SSSR count). The molecule has 0 spiro atoms. The number of nitrogens with zero attached hydrogens (tertiary/aromatic N) is 1. The monoisotopic (exact) mass is 493 g/mol. The minimum absolute atomic E-state index is 0.0830. The summed E-state index contributed by atoms with van der Waals surface area (Å²) < 4.78 is 0. The van der Waals surface area contributed by atoms with Gasteiger partial charge in [-0.25, -0.2) is 4.98 Å². The van der Waals surface area contributed by atoms with Crippen LogP contribution < -0.4 is 10.6 Å². The van der Waals surface area contributed by atoms with Crippen molar-refractivity contribution >= 4 is 57.1 Å². The number of anilines is 2. The van der Waals surface area contributed by atoms with Gasteiger partial charge in [-0.3, -0.25) is 9.59 Å². The average Bonchev–Trinajstić information content (AvgIpc) is 3.51. The van der Waals surface area contributed by atoms with E-state index in [-0.39, 0.29) is 17.1 Å². The predicted molar refractivity (Wildman–Crippen MR) is 140 cm³/mol. The first kappa shape index (κ1) is 23.2. The second-order valence-electron chi connectivity index (χ2n) is 7.37. The Labute approximate surface area is 205 Å². The normalized spacial score (nSPS) is 11.7. The van der Waals surface area contributed by atoms with E-state index in [4.69, 9.17) is 0 Å². The zero-order valence-corrected chi connectivity index (χ0v) is 20.7. The number of aromatic nitrogens is 1. The summed E-state index contributed by atoms with van der Waals surface area (Å²) in [6.07, 6.45) is 0.665. The van der Waals surface area contributed by atoms with Crippen molar-refractivity contribution in [2.75, 3.05) is 10.6 Å². The lowest BCUT2D eigenvalue weighted by Gasteiger charge is -2.14. The first-order valence-corrected chi connectivity index (χ1v) is 13.1. The first-order valence-electron chi connectivity index (χ1n) is 10.5. The van der Waals surface area contributed by atoms with E-state index in [2.05, 4.69) is 15.6 Å². The van der Waals surface area contributed by atoms with Crippen LogP contribution >= 0.6 is 34.4 Å². The Morgan fingerprint density at radius 3 is 2.58 bits per heavy atom. The Bertz CT molecular complexity index is 1230. The van der Waals surface area contributed by atoms with Crippen LogP contribution in [0.25, 0.3) is 11.3 Å². The Morgan fingerprint density at radius 1 is 1.03 bits per heavy atom. The van der Waals surface area contributed by atoms with Gasteiger partial charge in [-0.05, 0) is 43.0 Å². The summed E-state index contributed by atoms with van der Waals surface area (Å²) in [7, 11) is 0. The number of hydrogen-bond donors (Lipinski definition) is 2. The Kier molecular flexibility index (Phi) is 7.59. The molecule has 33 heavy (non-hydrogen) atoms. The molecule has 8 heteroatoms. The van der Waals surface area contributed by atoms with Crippen LogP contribution in [0.1, 0.15) is 28.6 Å². The maximum Gasteiger partial charge on any atom is 0.265 e. The molecule has 5 nitrogen and oxygen atoms in total. The highest BCUT2D eigenvalue weighted by Crippen LogP contribution is 2.30. The van der Waals surface area contributed by atoms with Crippen molar-refractivity contribution in [2.24, 2.45) is 0 Å². The van der Waals surface area contributed by atoms with E-state index in [9.17, 15) is 9.59 Å². The fourth-order valence-electron chi connectivity index (χ4n) is 3.11. The molecule has 0 aliphatic heterocycles. The Hall–Kier alpha value is -2.94. The van der Waals surface area contributed by atoms with Gasteiger partial charge >= 0.3 is 0 Å². The number of nitrogens with one attached hydrogen (secondary N) is 2. The van der Waals surface area contributed by atoms with Gasteiger partial charge < -0.3 is 10.6 Å². The number of thioether (sulfide) groups is 1. The summed E-state index contributed by atoms with van der Waals surface area (Å²) in [5, 5.41) is 10.0. The lowest BCUT2D eigenvalue weighted by molar-refractivity contribution is -0.115. The molecule has 1 unspecified atom stereocenters. The number of aryl methyl sites for hydroxylation is 1. The summed E-state index contributed by atoms with van der Waals surface area (Å²) in [5.41, 5.74) is 3.78. The van der Waals surface area contributed by atoms with Gasteiger partial charge in [0.2, 0.25) is 5.91 Å². The fraction of sp³-hybridized carbons (Fsp3) is 0.160. The van der Waals surface area contributed by atoms with Crippen molar-refractivity contribution < 1.29 is 9.59 Å². The molecule has 1 atom stereocenters. The Morgan fingerprint density at radius 2 is 1.85 bits per heavy atom. The van der Waals surface area contributed by atoms with Crippen LogP contribution in [-0.4, -0.2) is 22.0 Å². The van der Waals surface area contributed by atoms with Gasteiger partial charge in [-0.15, -0.1) is 34.4 Å². The summed E-state index contributed by atoms with van der Waals surface area (Å²) in [4.78, 5) is 31.4. The predicted octanol–water partition coefficient (Wildman–Crippen LogP) is 6.94. The van der Waals surface area contributed by atoms with E-state index in [0.29, 0.717) is 22.1 Å². The molecule has 2 heterocycles. The van der Waals surface area contributed by atoms with Crippen LogP contribution in [0, 0.1) is 6.92 Å². The molecule has 4 aromatic rings. The van der Waals surface area contributed by atoms with E-state index in [1.54, 1.807) is 6.07 Å². The first-order chi connectivity index (χ1) is 16.0. The SMILES string of the molecule is CCC(Sc1cccc(NC(=O)c2cccs2)c1)C(=O)Nc1nc(-c2ccc(C)cc2)cs1. The maximum absolute atomic E-state index is 12.9. The third-order valence-electron chi connectivity index (χ3n) is 4.86. The quantitative estimate of drug-likeness (QED) is 0.261. The van der Waals surface area contributed by atoms with Gasteiger partial charge in [0.05, 0.1) is 15.8 Å². The minimum Gasteiger partial charge on any atom is -0.321 e. The standard InChI is InChI=1S/C25H23N3O2S3/c1-3-21(23(29)28-25-27-20(15-32-25)17-11-9-16(2)10-12-17)33-19-7-4-6-18(14-19)26-24(30)22-8-5-13-31-22/h4-15,21H,3H2,1-2H3,(H,26,30)(H,27,28,29). The molecule has 0 fully saturated rings. The van der Waals surface area contributed by atoms with E-state index in [1.165, 1.54) is 40.0 Å². The molecule has 0 radical (unpaired) electrons. The minimum atomic E-state index is -0.278. The maximum atomic E-state index is 12.9. The van der Waals surface area contributed by atoms with Gasteiger partial charge in [0.25, 0.3) is 5.91 Å². The lowest BCUT2D eigenvalue weighted by atomic mass is 10.1.